The van der Waals surface area contributed by atoms with Crippen molar-refractivity contribution in [2.24, 2.45) is 0 Å². The maximum atomic E-state index is 14.4. The van der Waals surface area contributed by atoms with Crippen LogP contribution in [-0.4, -0.2) is 20.4 Å². The third kappa shape index (κ3) is 4.01. The molecule has 0 aliphatic carbocycles. The fraction of sp³-hybridized carbons (Fsp3) is 0.167. The summed E-state index contributed by atoms with van der Waals surface area (Å²) in [5, 5.41) is 7.82. The fourth-order valence-corrected chi connectivity index (χ4v) is 4.28. The van der Waals surface area contributed by atoms with Crippen molar-refractivity contribution >= 4 is 57.0 Å². The van der Waals surface area contributed by atoms with Gasteiger partial charge in [-0.1, -0.05) is 12.1 Å². The molecule has 5 nitrogen and oxygen atoms in total. The first-order valence-corrected chi connectivity index (χ1v) is 12.0. The molecule has 3 rings (SSSR count). The Morgan fingerprint density at radius 2 is 2.04 bits per heavy atom. The SMILES string of the molecule is Cc1ncc(F)c(C)c1NC(=O)/C(F)=C/c1ccc2c(C)nn(PI)c2c1. The number of hydrogen-bond donors (Lipinski definition) is 1. The molecule has 0 saturated carbocycles. The van der Waals surface area contributed by atoms with Crippen molar-refractivity contribution in [3.63, 3.8) is 0 Å². The number of nitrogens with one attached hydrogen (secondary N) is 1. The second-order valence-corrected chi connectivity index (χ2v) is 8.04. The van der Waals surface area contributed by atoms with Crippen molar-refractivity contribution < 1.29 is 13.6 Å². The molecular weight excluding hydrogens is 484 g/mol. The van der Waals surface area contributed by atoms with Gasteiger partial charge in [-0.05, 0) is 60.5 Å². The summed E-state index contributed by atoms with van der Waals surface area (Å²) in [6.45, 7) is 5.03. The zero-order chi connectivity index (χ0) is 19.7. The molecule has 27 heavy (non-hydrogen) atoms. The molecule has 2 aromatic heterocycles. The molecule has 0 bridgehead atoms. The van der Waals surface area contributed by atoms with E-state index in [0.717, 1.165) is 28.9 Å². The molecular formula is C18H16F2IN4OP. The van der Waals surface area contributed by atoms with Gasteiger partial charge in [0.25, 0.3) is 5.91 Å². The van der Waals surface area contributed by atoms with Crippen LogP contribution in [0.3, 0.4) is 0 Å². The number of rotatable bonds is 4. The zero-order valence-electron chi connectivity index (χ0n) is 14.8. The van der Waals surface area contributed by atoms with Gasteiger partial charge in [0.2, 0.25) is 0 Å². The molecule has 2 heterocycles. The fourth-order valence-electron chi connectivity index (χ4n) is 2.72. The van der Waals surface area contributed by atoms with Crippen LogP contribution in [0.15, 0.2) is 30.2 Å². The molecule has 1 aromatic carbocycles. The number of aryl methyl sites for hydroxylation is 2. The minimum Gasteiger partial charge on any atom is -0.318 e. The average Bonchev–Trinajstić information content (AvgIpc) is 2.97. The summed E-state index contributed by atoms with van der Waals surface area (Å²) in [4.78, 5) is 16.1. The van der Waals surface area contributed by atoms with Crippen LogP contribution in [0.1, 0.15) is 22.5 Å². The number of anilines is 1. The first-order valence-electron chi connectivity index (χ1n) is 7.98. The smallest absolute Gasteiger partial charge is 0.284 e. The van der Waals surface area contributed by atoms with Crippen LogP contribution >= 0.6 is 28.4 Å². The number of nitrogens with zero attached hydrogens (tertiary/aromatic N) is 3. The Hall–Kier alpha value is -1.93. The largest absolute Gasteiger partial charge is 0.318 e. The lowest BCUT2D eigenvalue weighted by molar-refractivity contribution is -0.114. The Morgan fingerprint density at radius 1 is 1.30 bits per heavy atom. The van der Waals surface area contributed by atoms with Crippen LogP contribution in [0.25, 0.3) is 17.0 Å². The number of carbonyl (C=O) groups is 1. The van der Waals surface area contributed by atoms with E-state index in [-0.39, 0.29) is 11.3 Å². The second kappa shape index (κ2) is 7.98. The quantitative estimate of drug-likeness (QED) is 0.303. The molecule has 140 valence electrons. The molecule has 1 amide bonds. The molecule has 0 spiro atoms. The van der Waals surface area contributed by atoms with Crippen molar-refractivity contribution in [1.29, 1.82) is 0 Å². The third-order valence-electron chi connectivity index (χ3n) is 4.19. The molecule has 0 radical (unpaired) electrons. The van der Waals surface area contributed by atoms with Gasteiger partial charge in [0, 0.05) is 10.9 Å². The topological polar surface area (TPSA) is 59.8 Å². The molecule has 0 aliphatic heterocycles. The van der Waals surface area contributed by atoms with Crippen molar-refractivity contribution in [2.45, 2.75) is 20.8 Å². The lowest BCUT2D eigenvalue weighted by Crippen LogP contribution is -2.15. The Labute approximate surface area is 169 Å². The van der Waals surface area contributed by atoms with Gasteiger partial charge in [-0.25, -0.2) is 13.2 Å². The lowest BCUT2D eigenvalue weighted by atomic mass is 10.1. The third-order valence-corrected chi connectivity index (χ3v) is 6.06. The molecule has 9 heteroatoms. The maximum Gasteiger partial charge on any atom is 0.284 e. The first kappa shape index (κ1) is 19.8. The van der Waals surface area contributed by atoms with E-state index < -0.39 is 17.6 Å². The maximum absolute atomic E-state index is 14.4. The summed E-state index contributed by atoms with van der Waals surface area (Å²) in [7, 11) is 0. The molecule has 1 unspecified atom stereocenters. The van der Waals surface area contributed by atoms with Gasteiger partial charge in [-0.3, -0.25) is 9.78 Å². The van der Waals surface area contributed by atoms with E-state index in [1.165, 1.54) is 6.92 Å². The molecule has 1 atom stereocenters. The minimum absolute atomic E-state index is 0.179. The van der Waals surface area contributed by atoms with E-state index in [9.17, 15) is 13.6 Å². The molecule has 0 saturated heterocycles. The number of carbonyl (C=O) groups excluding carboxylic acids is 1. The van der Waals surface area contributed by atoms with Gasteiger partial charge in [-0.2, -0.15) is 5.10 Å². The van der Waals surface area contributed by atoms with Gasteiger partial charge in [0.05, 0.1) is 35.2 Å². The summed E-state index contributed by atoms with van der Waals surface area (Å²) < 4.78 is 29.9. The van der Waals surface area contributed by atoms with Crippen LogP contribution in [0.2, 0.25) is 0 Å². The molecule has 1 N–H and O–H groups in total. The average molecular weight is 500 g/mol. The van der Waals surface area contributed by atoms with Crippen LogP contribution in [0.5, 0.6) is 0 Å². The van der Waals surface area contributed by atoms with Gasteiger partial charge in [0.15, 0.2) is 5.83 Å². The van der Waals surface area contributed by atoms with Crippen LogP contribution < -0.4 is 5.32 Å². The number of halogens is 3. The first-order chi connectivity index (χ1) is 12.8. The van der Waals surface area contributed by atoms with Crippen molar-refractivity contribution in [3.8, 4) is 0 Å². The van der Waals surface area contributed by atoms with E-state index in [4.69, 9.17) is 0 Å². The molecule has 0 fully saturated rings. The van der Waals surface area contributed by atoms with Gasteiger partial charge in [0.1, 0.15) is 5.82 Å². The number of fused-ring (bicyclic) bond motifs is 1. The number of aromatic nitrogens is 3. The summed E-state index contributed by atoms with van der Waals surface area (Å²) in [5.74, 6) is -2.49. The van der Waals surface area contributed by atoms with Crippen LogP contribution in [0, 0.1) is 26.6 Å². The highest BCUT2D eigenvalue weighted by Crippen LogP contribution is 2.31. The highest BCUT2D eigenvalue weighted by Gasteiger charge is 2.15. The Bertz CT molecular complexity index is 1080. The van der Waals surface area contributed by atoms with Crippen molar-refractivity contribution in [2.75, 3.05) is 5.32 Å². The monoisotopic (exact) mass is 500 g/mol. The summed E-state index contributed by atoms with van der Waals surface area (Å²) >= 11 is 2.22. The van der Waals surface area contributed by atoms with E-state index in [1.807, 2.05) is 17.4 Å². The van der Waals surface area contributed by atoms with E-state index in [1.54, 1.807) is 19.1 Å². The summed E-state index contributed by atoms with van der Waals surface area (Å²) in [5.41, 5.74) is 3.12. The number of pyridine rings is 1. The van der Waals surface area contributed by atoms with E-state index in [0.29, 0.717) is 17.6 Å². The predicted molar refractivity (Wildman–Crippen MR) is 114 cm³/mol. The van der Waals surface area contributed by atoms with E-state index in [2.05, 4.69) is 37.4 Å². The zero-order valence-corrected chi connectivity index (χ0v) is 17.9. The summed E-state index contributed by atoms with van der Waals surface area (Å²) in [6, 6.07) is 5.37. The van der Waals surface area contributed by atoms with Gasteiger partial charge < -0.3 is 5.32 Å². The number of benzene rings is 1. The highest BCUT2D eigenvalue weighted by atomic mass is 127. The lowest BCUT2D eigenvalue weighted by Gasteiger charge is -2.10. The number of hydrogen-bond acceptors (Lipinski definition) is 3. The van der Waals surface area contributed by atoms with Gasteiger partial charge in [-0.15, -0.1) is 0 Å². The number of amides is 1. The Morgan fingerprint density at radius 3 is 2.74 bits per heavy atom. The molecule has 3 aromatic rings. The molecule has 0 aliphatic rings. The van der Waals surface area contributed by atoms with Crippen molar-refractivity contribution in [3.05, 3.63) is 58.6 Å². The standard InChI is InChI=1S/C18H16F2IN4OP/c1-9-15(20)8-22-11(3)17(9)23-18(26)14(19)6-12-4-5-13-10(2)24-25(27-21)16(13)7-12/h4-8,27H,1-3H3,(H,23,26)/b14-6-. The Kier molecular flexibility index (Phi) is 5.86. The predicted octanol–water partition coefficient (Wildman–Crippen LogP) is 5.24. The van der Waals surface area contributed by atoms with E-state index >= 15 is 0 Å². The van der Waals surface area contributed by atoms with Gasteiger partial charge >= 0.3 is 0 Å². The summed E-state index contributed by atoms with van der Waals surface area (Å²) in [6.07, 6.45) is 2.63. The minimum atomic E-state index is -0.975. The highest BCUT2D eigenvalue weighted by molar-refractivity contribution is 14.2. The second-order valence-electron chi connectivity index (χ2n) is 6.00. The normalized spacial score (nSPS) is 12.3. The van der Waals surface area contributed by atoms with Crippen LogP contribution in [-0.2, 0) is 4.79 Å². The Balaban J connectivity index is 1.90. The van der Waals surface area contributed by atoms with Crippen molar-refractivity contribution in [1.82, 2.24) is 14.5 Å². The van der Waals surface area contributed by atoms with Crippen LogP contribution in [0.4, 0.5) is 14.5 Å².